The molecule has 208 valence electrons. The number of tetrazole rings is 1. The van der Waals surface area contributed by atoms with Crippen molar-refractivity contribution in [3.8, 4) is 23.0 Å². The SMILES string of the molecule is CC[C@@H](c1nnnn1Cc1ccccc1)N(Cc1ccc2c(c1)OCO2)Cc1cc2cc3c(cc2[nH]c1=O)OCO3. The van der Waals surface area contributed by atoms with Crippen molar-refractivity contribution >= 4 is 10.9 Å². The first-order chi connectivity index (χ1) is 20.1. The van der Waals surface area contributed by atoms with Gasteiger partial charge in [0.2, 0.25) is 13.6 Å². The van der Waals surface area contributed by atoms with Gasteiger partial charge in [0.05, 0.1) is 18.1 Å². The zero-order valence-electron chi connectivity index (χ0n) is 22.4. The Morgan fingerprint density at radius 3 is 2.44 bits per heavy atom. The summed E-state index contributed by atoms with van der Waals surface area (Å²) in [5.41, 5.74) is 3.28. The summed E-state index contributed by atoms with van der Waals surface area (Å²) in [6.07, 6.45) is 0.726. The molecule has 5 aromatic rings. The Morgan fingerprint density at radius 2 is 1.63 bits per heavy atom. The molecule has 7 rings (SSSR count). The van der Waals surface area contributed by atoms with Gasteiger partial charge in [0.25, 0.3) is 5.56 Å². The smallest absolute Gasteiger partial charge is 0.252 e. The van der Waals surface area contributed by atoms with E-state index in [0.29, 0.717) is 48.0 Å². The maximum Gasteiger partial charge on any atom is 0.252 e. The van der Waals surface area contributed by atoms with Crippen molar-refractivity contribution < 1.29 is 18.9 Å². The third kappa shape index (κ3) is 4.95. The quantitative estimate of drug-likeness (QED) is 0.288. The predicted molar refractivity (Wildman–Crippen MR) is 149 cm³/mol. The first kappa shape index (κ1) is 25.1. The lowest BCUT2D eigenvalue weighted by molar-refractivity contribution is 0.161. The highest BCUT2D eigenvalue weighted by atomic mass is 16.7. The van der Waals surface area contributed by atoms with E-state index in [2.05, 4.69) is 44.5 Å². The minimum atomic E-state index is -0.175. The summed E-state index contributed by atoms with van der Waals surface area (Å²) in [6.45, 7) is 3.92. The molecule has 11 heteroatoms. The Morgan fingerprint density at radius 1 is 0.878 bits per heavy atom. The van der Waals surface area contributed by atoms with E-state index in [-0.39, 0.29) is 25.2 Å². The Labute approximate surface area is 235 Å². The van der Waals surface area contributed by atoms with Crippen LogP contribution in [0.15, 0.2) is 71.5 Å². The summed E-state index contributed by atoms with van der Waals surface area (Å²) >= 11 is 0. The number of ether oxygens (including phenoxy) is 4. The van der Waals surface area contributed by atoms with Gasteiger partial charge in [-0.2, -0.15) is 0 Å². The average Bonchev–Trinajstić information content (AvgIpc) is 3.75. The van der Waals surface area contributed by atoms with Gasteiger partial charge in [-0.15, -0.1) is 5.10 Å². The minimum absolute atomic E-state index is 0.161. The van der Waals surface area contributed by atoms with Crippen molar-refractivity contribution in [1.82, 2.24) is 30.1 Å². The Hall–Kier alpha value is -4.90. The third-order valence-corrected chi connectivity index (χ3v) is 7.47. The van der Waals surface area contributed by atoms with Crippen molar-refractivity contribution in [1.29, 1.82) is 0 Å². The van der Waals surface area contributed by atoms with Crippen LogP contribution in [0.1, 0.15) is 41.9 Å². The second-order valence-corrected chi connectivity index (χ2v) is 10.1. The molecule has 0 fully saturated rings. The van der Waals surface area contributed by atoms with Crippen molar-refractivity contribution in [2.75, 3.05) is 13.6 Å². The van der Waals surface area contributed by atoms with Gasteiger partial charge in [0.15, 0.2) is 28.8 Å². The van der Waals surface area contributed by atoms with E-state index in [9.17, 15) is 4.79 Å². The fourth-order valence-electron chi connectivity index (χ4n) is 5.45. The highest BCUT2D eigenvalue weighted by Crippen LogP contribution is 2.36. The highest BCUT2D eigenvalue weighted by molar-refractivity contribution is 5.83. The van der Waals surface area contributed by atoms with Crippen LogP contribution in [0.4, 0.5) is 0 Å². The largest absolute Gasteiger partial charge is 0.454 e. The van der Waals surface area contributed by atoms with Gasteiger partial charge < -0.3 is 23.9 Å². The van der Waals surface area contributed by atoms with Crippen LogP contribution < -0.4 is 24.5 Å². The van der Waals surface area contributed by atoms with Gasteiger partial charge in [-0.1, -0.05) is 43.3 Å². The van der Waals surface area contributed by atoms with E-state index in [4.69, 9.17) is 18.9 Å². The second-order valence-electron chi connectivity index (χ2n) is 10.1. The maximum atomic E-state index is 13.3. The zero-order valence-corrected chi connectivity index (χ0v) is 22.4. The predicted octanol–water partition coefficient (Wildman–Crippen LogP) is 4.17. The molecule has 41 heavy (non-hydrogen) atoms. The molecular weight excluding hydrogens is 524 g/mol. The van der Waals surface area contributed by atoms with Crippen LogP contribution >= 0.6 is 0 Å². The summed E-state index contributed by atoms with van der Waals surface area (Å²) < 4.78 is 24.0. The number of fused-ring (bicyclic) bond motifs is 3. The molecule has 11 nitrogen and oxygen atoms in total. The Kier molecular flexibility index (Phi) is 6.48. The first-order valence-corrected chi connectivity index (χ1v) is 13.5. The van der Waals surface area contributed by atoms with Gasteiger partial charge in [0.1, 0.15) is 0 Å². The van der Waals surface area contributed by atoms with Crippen LogP contribution in [-0.4, -0.2) is 43.7 Å². The molecular formula is C30H28N6O5. The highest BCUT2D eigenvalue weighted by Gasteiger charge is 2.27. The van der Waals surface area contributed by atoms with Gasteiger partial charge in [-0.05, 0) is 52.2 Å². The van der Waals surface area contributed by atoms with E-state index in [0.717, 1.165) is 34.5 Å². The Bertz CT molecular complexity index is 1770. The standard InChI is InChI=1S/C30H28N6O5/c1-2-24(29-32-33-34-36(29)15-19-6-4-3-5-7-19)35(14-20-8-9-25-26(10-20)39-17-38-25)16-22-11-21-12-27-28(41-18-40-27)13-23(21)31-30(22)37/h3-13,24H,2,14-18H2,1H3,(H,31,37)/t24-/m0/s1. The molecule has 0 unspecified atom stereocenters. The molecule has 0 aliphatic carbocycles. The Balaban J connectivity index is 1.26. The van der Waals surface area contributed by atoms with Crippen molar-refractivity contribution in [2.45, 2.75) is 39.0 Å². The van der Waals surface area contributed by atoms with Crippen molar-refractivity contribution in [3.63, 3.8) is 0 Å². The zero-order chi connectivity index (χ0) is 27.8. The van der Waals surface area contributed by atoms with Crippen molar-refractivity contribution in [2.24, 2.45) is 0 Å². The van der Waals surface area contributed by atoms with Gasteiger partial charge in [-0.3, -0.25) is 9.69 Å². The number of pyridine rings is 1. The molecule has 0 saturated carbocycles. The number of hydrogen-bond acceptors (Lipinski definition) is 9. The number of aromatic amines is 1. The molecule has 2 aliphatic rings. The molecule has 2 aliphatic heterocycles. The van der Waals surface area contributed by atoms with E-state index >= 15 is 0 Å². The fourth-order valence-corrected chi connectivity index (χ4v) is 5.45. The number of aromatic nitrogens is 5. The summed E-state index contributed by atoms with van der Waals surface area (Å²) in [6, 6.07) is 21.5. The number of nitrogens with one attached hydrogen (secondary N) is 1. The summed E-state index contributed by atoms with van der Waals surface area (Å²) in [5, 5.41) is 13.7. The number of H-pyrrole nitrogens is 1. The molecule has 0 amide bonds. The fraction of sp³-hybridized carbons (Fsp3) is 0.267. The molecule has 0 saturated heterocycles. The maximum absolute atomic E-state index is 13.3. The first-order valence-electron chi connectivity index (χ1n) is 13.5. The molecule has 0 radical (unpaired) electrons. The van der Waals surface area contributed by atoms with Crippen LogP contribution in [-0.2, 0) is 19.6 Å². The molecule has 3 aromatic carbocycles. The van der Waals surface area contributed by atoms with Gasteiger partial charge in [0, 0.05) is 30.1 Å². The van der Waals surface area contributed by atoms with E-state index in [1.165, 1.54) is 0 Å². The average molecular weight is 553 g/mol. The number of hydrogen-bond donors (Lipinski definition) is 1. The molecule has 0 spiro atoms. The minimum Gasteiger partial charge on any atom is -0.454 e. The topological polar surface area (TPSA) is 117 Å². The lowest BCUT2D eigenvalue weighted by Gasteiger charge is -2.30. The van der Waals surface area contributed by atoms with Gasteiger partial charge in [-0.25, -0.2) is 4.68 Å². The van der Waals surface area contributed by atoms with Crippen LogP contribution in [0.3, 0.4) is 0 Å². The van der Waals surface area contributed by atoms with Crippen molar-refractivity contribution in [3.05, 3.63) is 99.6 Å². The van der Waals surface area contributed by atoms with Crippen LogP contribution in [0, 0.1) is 0 Å². The summed E-state index contributed by atoms with van der Waals surface area (Å²) in [4.78, 5) is 18.6. The van der Waals surface area contributed by atoms with E-state index in [1.807, 2.05) is 53.2 Å². The lowest BCUT2D eigenvalue weighted by atomic mass is 10.1. The van der Waals surface area contributed by atoms with E-state index < -0.39 is 0 Å². The number of rotatable bonds is 9. The summed E-state index contributed by atoms with van der Waals surface area (Å²) in [7, 11) is 0. The molecule has 4 heterocycles. The van der Waals surface area contributed by atoms with Gasteiger partial charge >= 0.3 is 0 Å². The monoisotopic (exact) mass is 552 g/mol. The number of benzene rings is 3. The normalized spacial score (nSPS) is 14.2. The lowest BCUT2D eigenvalue weighted by Crippen LogP contribution is -2.32. The molecule has 0 bridgehead atoms. The summed E-state index contributed by atoms with van der Waals surface area (Å²) in [5.74, 6) is 3.46. The second kappa shape index (κ2) is 10.6. The van der Waals surface area contributed by atoms with E-state index in [1.54, 1.807) is 6.07 Å². The molecule has 1 atom stereocenters. The molecule has 2 aromatic heterocycles. The van der Waals surface area contributed by atoms with Crippen LogP contribution in [0.5, 0.6) is 23.0 Å². The number of nitrogens with zero attached hydrogens (tertiary/aromatic N) is 5. The van der Waals surface area contributed by atoms with Crippen LogP contribution in [0.25, 0.3) is 10.9 Å². The molecule has 1 N–H and O–H groups in total. The van der Waals surface area contributed by atoms with Crippen LogP contribution in [0.2, 0.25) is 0 Å². The third-order valence-electron chi connectivity index (χ3n) is 7.47.